The summed E-state index contributed by atoms with van der Waals surface area (Å²) in [5.74, 6) is 0.347. The van der Waals surface area contributed by atoms with E-state index in [2.05, 4.69) is 4.72 Å². The SMILES string of the molecule is Cc1ccc(C#N)cc1S(=O)(=O)NC(CN)C1CC1. The van der Waals surface area contributed by atoms with Crippen LogP contribution >= 0.6 is 0 Å². The van der Waals surface area contributed by atoms with Crippen molar-refractivity contribution >= 4 is 10.0 Å². The summed E-state index contributed by atoms with van der Waals surface area (Å²) >= 11 is 0. The molecule has 0 radical (unpaired) electrons. The Labute approximate surface area is 113 Å². The number of aryl methyl sites for hydroxylation is 1. The molecular formula is C13H17N3O2S. The van der Waals surface area contributed by atoms with Gasteiger partial charge < -0.3 is 5.73 Å². The van der Waals surface area contributed by atoms with Gasteiger partial charge in [0.25, 0.3) is 0 Å². The summed E-state index contributed by atoms with van der Waals surface area (Å²) in [6, 6.07) is 6.39. The Morgan fingerprint density at radius 1 is 1.53 bits per heavy atom. The number of nitrogens with two attached hydrogens (primary N) is 1. The van der Waals surface area contributed by atoms with Crippen molar-refractivity contribution in [3.05, 3.63) is 29.3 Å². The summed E-state index contributed by atoms with van der Waals surface area (Å²) in [6.07, 6.45) is 2.03. The quantitative estimate of drug-likeness (QED) is 0.836. The zero-order valence-corrected chi connectivity index (χ0v) is 11.6. The lowest BCUT2D eigenvalue weighted by molar-refractivity contribution is 0.519. The summed E-state index contributed by atoms with van der Waals surface area (Å²) in [4.78, 5) is 0.158. The molecule has 6 heteroatoms. The molecule has 0 spiro atoms. The number of nitriles is 1. The monoisotopic (exact) mass is 279 g/mol. The van der Waals surface area contributed by atoms with Crippen LogP contribution in [0.4, 0.5) is 0 Å². The number of hydrogen-bond donors (Lipinski definition) is 2. The molecule has 0 saturated heterocycles. The maximum absolute atomic E-state index is 12.3. The molecule has 0 heterocycles. The third-order valence-electron chi connectivity index (χ3n) is 3.36. The van der Waals surface area contributed by atoms with Gasteiger partial charge in [-0.1, -0.05) is 6.07 Å². The van der Waals surface area contributed by atoms with Crippen LogP contribution in [0.2, 0.25) is 0 Å². The minimum absolute atomic E-state index is 0.158. The van der Waals surface area contributed by atoms with Crippen molar-refractivity contribution < 1.29 is 8.42 Å². The maximum atomic E-state index is 12.3. The molecule has 0 bridgehead atoms. The zero-order valence-electron chi connectivity index (χ0n) is 10.8. The standard InChI is InChI=1S/C13H17N3O2S/c1-9-2-3-10(7-14)6-13(9)19(17,18)16-12(8-15)11-4-5-11/h2-3,6,11-12,16H,4-5,8,15H2,1H3. The van der Waals surface area contributed by atoms with E-state index in [1.807, 2.05) is 6.07 Å². The first-order valence-electron chi connectivity index (χ1n) is 6.21. The van der Waals surface area contributed by atoms with Gasteiger partial charge in [0, 0.05) is 12.6 Å². The molecule has 1 aliphatic rings. The molecule has 1 fully saturated rings. The van der Waals surface area contributed by atoms with Crippen LogP contribution in [0.25, 0.3) is 0 Å². The molecule has 0 aromatic heterocycles. The van der Waals surface area contributed by atoms with Crippen molar-refractivity contribution in [2.24, 2.45) is 11.7 Å². The van der Waals surface area contributed by atoms with Gasteiger partial charge in [0.2, 0.25) is 10.0 Å². The van der Waals surface area contributed by atoms with Crippen molar-refractivity contribution in [3.8, 4) is 6.07 Å². The van der Waals surface area contributed by atoms with E-state index in [0.717, 1.165) is 12.8 Å². The van der Waals surface area contributed by atoms with Gasteiger partial charge in [-0.15, -0.1) is 0 Å². The fraction of sp³-hybridized carbons (Fsp3) is 0.462. The van der Waals surface area contributed by atoms with Gasteiger partial charge in [0.1, 0.15) is 0 Å². The molecule has 0 amide bonds. The van der Waals surface area contributed by atoms with Crippen LogP contribution in [-0.4, -0.2) is 21.0 Å². The molecule has 1 aromatic carbocycles. The van der Waals surface area contributed by atoms with Crippen molar-refractivity contribution in [3.63, 3.8) is 0 Å². The number of nitrogens with one attached hydrogen (secondary N) is 1. The minimum atomic E-state index is -3.62. The van der Waals surface area contributed by atoms with E-state index in [-0.39, 0.29) is 10.9 Å². The van der Waals surface area contributed by atoms with Crippen molar-refractivity contribution in [1.82, 2.24) is 4.72 Å². The Morgan fingerprint density at radius 2 is 2.21 bits per heavy atom. The Balaban J connectivity index is 2.31. The highest BCUT2D eigenvalue weighted by Crippen LogP contribution is 2.33. The molecule has 1 atom stereocenters. The molecule has 1 aliphatic carbocycles. The van der Waals surface area contributed by atoms with E-state index in [1.165, 1.54) is 6.07 Å². The smallest absolute Gasteiger partial charge is 0.241 e. The molecule has 5 nitrogen and oxygen atoms in total. The third kappa shape index (κ3) is 3.13. The van der Waals surface area contributed by atoms with E-state index >= 15 is 0 Å². The first-order valence-corrected chi connectivity index (χ1v) is 7.69. The van der Waals surface area contributed by atoms with Crippen molar-refractivity contribution in [2.75, 3.05) is 6.54 Å². The Morgan fingerprint density at radius 3 is 2.74 bits per heavy atom. The first-order chi connectivity index (χ1) is 8.97. The fourth-order valence-corrected chi connectivity index (χ4v) is 3.65. The van der Waals surface area contributed by atoms with Crippen LogP contribution in [0, 0.1) is 24.2 Å². The van der Waals surface area contributed by atoms with Gasteiger partial charge in [0.15, 0.2) is 0 Å². The van der Waals surface area contributed by atoms with Crippen LogP contribution in [0.5, 0.6) is 0 Å². The van der Waals surface area contributed by atoms with Gasteiger partial charge in [0.05, 0.1) is 16.5 Å². The van der Waals surface area contributed by atoms with E-state index < -0.39 is 10.0 Å². The van der Waals surface area contributed by atoms with Crippen LogP contribution in [0.3, 0.4) is 0 Å². The Hall–Kier alpha value is -1.42. The van der Waals surface area contributed by atoms with Gasteiger partial charge >= 0.3 is 0 Å². The fourth-order valence-electron chi connectivity index (χ4n) is 2.06. The maximum Gasteiger partial charge on any atom is 0.241 e. The van der Waals surface area contributed by atoms with E-state index in [9.17, 15) is 8.42 Å². The second-order valence-electron chi connectivity index (χ2n) is 4.89. The third-order valence-corrected chi connectivity index (χ3v) is 4.99. The molecule has 2 rings (SSSR count). The van der Waals surface area contributed by atoms with Gasteiger partial charge in [-0.25, -0.2) is 13.1 Å². The predicted molar refractivity (Wildman–Crippen MR) is 71.8 cm³/mol. The lowest BCUT2D eigenvalue weighted by Gasteiger charge is -2.17. The van der Waals surface area contributed by atoms with E-state index in [4.69, 9.17) is 11.0 Å². The second-order valence-corrected chi connectivity index (χ2v) is 6.58. The lowest BCUT2D eigenvalue weighted by Crippen LogP contribution is -2.41. The van der Waals surface area contributed by atoms with Crippen molar-refractivity contribution in [1.29, 1.82) is 5.26 Å². The van der Waals surface area contributed by atoms with Gasteiger partial charge in [-0.05, 0) is 43.4 Å². The molecular weight excluding hydrogens is 262 g/mol. The summed E-state index contributed by atoms with van der Waals surface area (Å²) in [7, 11) is -3.62. The summed E-state index contributed by atoms with van der Waals surface area (Å²) in [6.45, 7) is 2.01. The molecule has 3 N–H and O–H groups in total. The zero-order chi connectivity index (χ0) is 14.0. The van der Waals surface area contributed by atoms with Gasteiger partial charge in [-0.3, -0.25) is 0 Å². The highest BCUT2D eigenvalue weighted by Gasteiger charge is 2.33. The molecule has 102 valence electrons. The first kappa shape index (κ1) is 14.0. The second kappa shape index (κ2) is 5.29. The van der Waals surface area contributed by atoms with Gasteiger partial charge in [-0.2, -0.15) is 5.26 Å². The molecule has 19 heavy (non-hydrogen) atoms. The summed E-state index contributed by atoms with van der Waals surface area (Å²) in [5, 5.41) is 8.86. The topological polar surface area (TPSA) is 96.0 Å². The lowest BCUT2D eigenvalue weighted by atomic mass is 10.2. The van der Waals surface area contributed by atoms with Crippen LogP contribution in [0.15, 0.2) is 23.1 Å². The number of sulfonamides is 1. The highest BCUT2D eigenvalue weighted by atomic mass is 32.2. The predicted octanol–water partition coefficient (Wildman–Crippen LogP) is 0.882. The number of rotatable bonds is 5. The average Bonchev–Trinajstić information content (AvgIpc) is 3.20. The normalized spacial score (nSPS) is 16.9. The van der Waals surface area contributed by atoms with E-state index in [0.29, 0.717) is 23.6 Å². The number of benzene rings is 1. The van der Waals surface area contributed by atoms with Crippen LogP contribution < -0.4 is 10.5 Å². The number of nitrogens with zero attached hydrogens (tertiary/aromatic N) is 1. The summed E-state index contributed by atoms with van der Waals surface area (Å²) in [5.41, 5.74) is 6.57. The minimum Gasteiger partial charge on any atom is -0.329 e. The van der Waals surface area contributed by atoms with Crippen LogP contribution in [0.1, 0.15) is 24.0 Å². The summed E-state index contributed by atoms with van der Waals surface area (Å²) < 4.78 is 27.3. The Bertz CT molecular complexity index is 615. The average molecular weight is 279 g/mol. The highest BCUT2D eigenvalue weighted by molar-refractivity contribution is 7.89. The van der Waals surface area contributed by atoms with Crippen molar-refractivity contribution in [2.45, 2.75) is 30.7 Å². The number of hydrogen-bond acceptors (Lipinski definition) is 4. The van der Waals surface area contributed by atoms with Crippen LogP contribution in [-0.2, 0) is 10.0 Å². The molecule has 1 saturated carbocycles. The molecule has 1 aromatic rings. The Kier molecular flexibility index (Phi) is 3.90. The molecule has 1 unspecified atom stereocenters. The molecule has 0 aliphatic heterocycles. The largest absolute Gasteiger partial charge is 0.329 e. The van der Waals surface area contributed by atoms with E-state index in [1.54, 1.807) is 19.1 Å².